The van der Waals surface area contributed by atoms with E-state index in [4.69, 9.17) is 10.3 Å². The molecule has 2 aromatic carbocycles. The van der Waals surface area contributed by atoms with Crippen LogP contribution in [-0.2, 0) is 0 Å². The molecule has 0 unspecified atom stereocenters. The van der Waals surface area contributed by atoms with Crippen molar-refractivity contribution in [1.82, 2.24) is 0 Å². The van der Waals surface area contributed by atoms with E-state index in [2.05, 4.69) is 5.16 Å². The summed E-state index contributed by atoms with van der Waals surface area (Å²) in [5.74, 6) is -0.985. The van der Waals surface area contributed by atoms with Crippen LogP contribution in [-0.4, -0.2) is 22.5 Å². The molecular weight excluding hydrogens is 230 g/mol. The lowest BCUT2D eigenvalue weighted by Gasteiger charge is -2.08. The number of benzene rings is 2. The monoisotopic (exact) mass is 241 g/mol. The zero-order chi connectivity index (χ0) is 13.0. The molecule has 90 valence electrons. The largest absolute Gasteiger partial charge is 0.478 e. The molecule has 0 spiro atoms. The number of oxime groups is 1. The number of carboxylic acids is 1. The first-order chi connectivity index (χ1) is 8.74. The van der Waals surface area contributed by atoms with Gasteiger partial charge in [-0.15, -0.1) is 0 Å². The Balaban J connectivity index is 2.66. The van der Waals surface area contributed by atoms with Crippen LogP contribution in [0.3, 0.4) is 0 Å². The standard InChI is InChI=1S/C14H11NO3/c16-14(17)13-8-4-3-7-12(13)11-6-2-1-5-10(11)9-15-18/h1-9,18H,(H,16,17). The Bertz CT molecular complexity index is 605. The fourth-order valence-corrected chi connectivity index (χ4v) is 1.82. The van der Waals surface area contributed by atoms with Crippen molar-refractivity contribution in [1.29, 1.82) is 0 Å². The van der Waals surface area contributed by atoms with Gasteiger partial charge in [0.05, 0.1) is 11.8 Å². The van der Waals surface area contributed by atoms with E-state index in [1.54, 1.807) is 42.5 Å². The molecule has 2 rings (SSSR count). The molecule has 0 radical (unpaired) electrons. The highest BCUT2D eigenvalue weighted by Crippen LogP contribution is 2.26. The first kappa shape index (κ1) is 11.9. The number of rotatable bonds is 3. The van der Waals surface area contributed by atoms with Gasteiger partial charge in [0.2, 0.25) is 0 Å². The van der Waals surface area contributed by atoms with Crippen LogP contribution in [0.4, 0.5) is 0 Å². The van der Waals surface area contributed by atoms with Gasteiger partial charge >= 0.3 is 5.97 Å². The number of carboxylic acid groups (broad SMARTS) is 1. The smallest absolute Gasteiger partial charge is 0.336 e. The Morgan fingerprint density at radius 3 is 2.28 bits per heavy atom. The van der Waals surface area contributed by atoms with Crippen LogP contribution in [0.1, 0.15) is 15.9 Å². The lowest BCUT2D eigenvalue weighted by molar-refractivity contribution is 0.0697. The van der Waals surface area contributed by atoms with Crippen LogP contribution in [0.5, 0.6) is 0 Å². The van der Waals surface area contributed by atoms with Crippen molar-refractivity contribution in [2.45, 2.75) is 0 Å². The molecule has 0 aliphatic rings. The van der Waals surface area contributed by atoms with Crippen LogP contribution >= 0.6 is 0 Å². The van der Waals surface area contributed by atoms with E-state index in [-0.39, 0.29) is 5.56 Å². The minimum absolute atomic E-state index is 0.219. The van der Waals surface area contributed by atoms with Crippen LogP contribution in [0.15, 0.2) is 53.7 Å². The molecule has 4 heteroatoms. The Kier molecular flexibility index (Phi) is 3.38. The molecule has 0 aromatic heterocycles. The third-order valence-electron chi connectivity index (χ3n) is 2.61. The predicted molar refractivity (Wildman–Crippen MR) is 68.2 cm³/mol. The zero-order valence-corrected chi connectivity index (χ0v) is 9.45. The van der Waals surface area contributed by atoms with Crippen molar-refractivity contribution < 1.29 is 15.1 Å². The molecule has 2 aromatic rings. The summed E-state index contributed by atoms with van der Waals surface area (Å²) in [6, 6.07) is 13.9. The molecule has 0 amide bonds. The molecule has 0 aliphatic heterocycles. The van der Waals surface area contributed by atoms with Gasteiger partial charge in [0.25, 0.3) is 0 Å². The second-order valence-corrected chi connectivity index (χ2v) is 3.68. The van der Waals surface area contributed by atoms with Gasteiger partial charge in [0.1, 0.15) is 0 Å². The normalized spacial score (nSPS) is 10.7. The van der Waals surface area contributed by atoms with Gasteiger partial charge in [-0.3, -0.25) is 0 Å². The summed E-state index contributed by atoms with van der Waals surface area (Å²) in [5.41, 5.74) is 2.19. The SMILES string of the molecule is O=C(O)c1ccccc1-c1ccccc1C=NO. The molecule has 0 atom stereocenters. The average Bonchev–Trinajstić information content (AvgIpc) is 2.40. The summed E-state index contributed by atoms with van der Waals surface area (Å²) in [7, 11) is 0. The van der Waals surface area contributed by atoms with E-state index in [0.29, 0.717) is 16.7 Å². The third kappa shape index (κ3) is 2.22. The Labute approximate surface area is 104 Å². The number of hydrogen-bond acceptors (Lipinski definition) is 3. The van der Waals surface area contributed by atoms with Gasteiger partial charge in [-0.1, -0.05) is 47.6 Å². The Hall–Kier alpha value is -2.62. The first-order valence-corrected chi connectivity index (χ1v) is 5.33. The van der Waals surface area contributed by atoms with Crippen molar-refractivity contribution in [2.75, 3.05) is 0 Å². The molecular formula is C14H11NO3. The molecule has 4 nitrogen and oxygen atoms in total. The number of hydrogen-bond donors (Lipinski definition) is 2. The average molecular weight is 241 g/mol. The number of nitrogens with zero attached hydrogens (tertiary/aromatic N) is 1. The fourth-order valence-electron chi connectivity index (χ4n) is 1.82. The maximum absolute atomic E-state index is 11.2. The maximum atomic E-state index is 11.2. The zero-order valence-electron chi connectivity index (χ0n) is 9.45. The fraction of sp³-hybridized carbons (Fsp3) is 0. The highest BCUT2D eigenvalue weighted by atomic mass is 16.4. The number of aromatic carboxylic acids is 1. The maximum Gasteiger partial charge on any atom is 0.336 e. The van der Waals surface area contributed by atoms with Crippen LogP contribution in [0.25, 0.3) is 11.1 Å². The summed E-state index contributed by atoms with van der Waals surface area (Å²) in [4.78, 5) is 11.2. The van der Waals surface area contributed by atoms with Crippen molar-refractivity contribution in [2.24, 2.45) is 5.16 Å². The predicted octanol–water partition coefficient (Wildman–Crippen LogP) is 2.86. The highest BCUT2D eigenvalue weighted by Gasteiger charge is 2.12. The van der Waals surface area contributed by atoms with Gasteiger partial charge < -0.3 is 10.3 Å². The minimum Gasteiger partial charge on any atom is -0.478 e. The summed E-state index contributed by atoms with van der Waals surface area (Å²) in [6.07, 6.45) is 1.29. The van der Waals surface area contributed by atoms with Crippen LogP contribution < -0.4 is 0 Å². The molecule has 0 saturated carbocycles. The van der Waals surface area contributed by atoms with Crippen molar-refractivity contribution in [3.8, 4) is 11.1 Å². The third-order valence-corrected chi connectivity index (χ3v) is 2.61. The second-order valence-electron chi connectivity index (χ2n) is 3.68. The summed E-state index contributed by atoms with van der Waals surface area (Å²) in [5, 5.41) is 20.8. The van der Waals surface area contributed by atoms with E-state index >= 15 is 0 Å². The molecule has 2 N–H and O–H groups in total. The molecule has 0 heterocycles. The summed E-state index contributed by atoms with van der Waals surface area (Å²) >= 11 is 0. The van der Waals surface area contributed by atoms with Crippen molar-refractivity contribution in [3.05, 3.63) is 59.7 Å². The van der Waals surface area contributed by atoms with Crippen molar-refractivity contribution in [3.63, 3.8) is 0 Å². The van der Waals surface area contributed by atoms with Gasteiger partial charge in [-0.25, -0.2) is 4.79 Å². The van der Waals surface area contributed by atoms with E-state index < -0.39 is 5.97 Å². The van der Waals surface area contributed by atoms with Gasteiger partial charge in [0.15, 0.2) is 0 Å². The number of carbonyl (C=O) groups is 1. The minimum atomic E-state index is -0.985. The van der Waals surface area contributed by atoms with Crippen LogP contribution in [0.2, 0.25) is 0 Å². The van der Waals surface area contributed by atoms with Gasteiger partial charge in [-0.2, -0.15) is 0 Å². The lowest BCUT2D eigenvalue weighted by atomic mass is 9.96. The molecule has 0 saturated heterocycles. The Morgan fingerprint density at radius 2 is 1.61 bits per heavy atom. The molecule has 18 heavy (non-hydrogen) atoms. The van der Waals surface area contributed by atoms with E-state index in [0.717, 1.165) is 0 Å². The van der Waals surface area contributed by atoms with E-state index in [1.165, 1.54) is 6.21 Å². The first-order valence-electron chi connectivity index (χ1n) is 5.33. The molecule has 0 bridgehead atoms. The quantitative estimate of drug-likeness (QED) is 0.493. The highest BCUT2D eigenvalue weighted by molar-refractivity contribution is 5.99. The summed E-state index contributed by atoms with van der Waals surface area (Å²) in [6.45, 7) is 0. The Morgan fingerprint density at radius 1 is 1.00 bits per heavy atom. The topological polar surface area (TPSA) is 69.9 Å². The molecule has 0 aliphatic carbocycles. The lowest BCUT2D eigenvalue weighted by Crippen LogP contribution is -2.00. The molecule has 0 fully saturated rings. The summed E-state index contributed by atoms with van der Waals surface area (Å²) < 4.78 is 0. The second kappa shape index (κ2) is 5.14. The van der Waals surface area contributed by atoms with Gasteiger partial charge in [0, 0.05) is 5.56 Å². The van der Waals surface area contributed by atoms with Crippen molar-refractivity contribution >= 4 is 12.2 Å². The van der Waals surface area contributed by atoms with E-state index in [1.807, 2.05) is 6.07 Å². The van der Waals surface area contributed by atoms with E-state index in [9.17, 15) is 4.79 Å². The van der Waals surface area contributed by atoms with Crippen LogP contribution in [0, 0.1) is 0 Å². The van der Waals surface area contributed by atoms with Gasteiger partial charge in [-0.05, 0) is 17.2 Å².